The van der Waals surface area contributed by atoms with Gasteiger partial charge in [-0.2, -0.15) is 0 Å². The number of anilines is 1. The van der Waals surface area contributed by atoms with Gasteiger partial charge in [-0.1, -0.05) is 12.1 Å². The van der Waals surface area contributed by atoms with Gasteiger partial charge in [0.2, 0.25) is 0 Å². The number of ether oxygens (including phenoxy) is 1. The quantitative estimate of drug-likeness (QED) is 0.829. The molecule has 1 aromatic heterocycles. The highest BCUT2D eigenvalue weighted by Crippen LogP contribution is 2.41. The predicted octanol–water partition coefficient (Wildman–Crippen LogP) is 2.97. The van der Waals surface area contributed by atoms with E-state index in [9.17, 15) is 14.7 Å². The van der Waals surface area contributed by atoms with Crippen LogP contribution in [0.5, 0.6) is 5.75 Å². The number of carbonyl (C=O) groups excluding carboxylic acids is 1. The highest BCUT2D eigenvalue weighted by atomic mass is 32.1. The molecule has 0 fully saturated rings. The maximum absolute atomic E-state index is 11.4. The molecular weight excluding hydrogens is 290 g/mol. The fourth-order valence-corrected chi connectivity index (χ4v) is 3.03. The molecule has 0 aliphatic carbocycles. The second-order valence-corrected chi connectivity index (χ2v) is 5.66. The Morgan fingerprint density at radius 3 is 2.67 bits per heavy atom. The van der Waals surface area contributed by atoms with Gasteiger partial charge in [-0.3, -0.25) is 4.79 Å². The lowest BCUT2D eigenvalue weighted by Gasteiger charge is -2.05. The molecule has 1 heterocycles. The first kappa shape index (κ1) is 15.1. The lowest BCUT2D eigenvalue weighted by molar-refractivity contribution is -0.118. The Morgan fingerprint density at radius 1 is 1.38 bits per heavy atom. The van der Waals surface area contributed by atoms with Crippen LogP contribution < -0.4 is 10.5 Å². The molecule has 0 saturated heterocycles. The van der Waals surface area contributed by atoms with Gasteiger partial charge in [-0.25, -0.2) is 4.79 Å². The molecule has 6 heteroatoms. The van der Waals surface area contributed by atoms with E-state index in [0.717, 1.165) is 21.8 Å². The van der Waals surface area contributed by atoms with E-state index >= 15 is 0 Å². The van der Waals surface area contributed by atoms with Crippen molar-refractivity contribution < 1.29 is 19.4 Å². The third-order valence-electron chi connectivity index (χ3n) is 2.85. The summed E-state index contributed by atoms with van der Waals surface area (Å²) in [4.78, 5) is 23.3. The highest BCUT2D eigenvalue weighted by molar-refractivity contribution is 7.18. The van der Waals surface area contributed by atoms with Crippen molar-refractivity contribution in [3.05, 3.63) is 34.7 Å². The molecule has 110 valence electrons. The van der Waals surface area contributed by atoms with Gasteiger partial charge < -0.3 is 15.6 Å². The number of rotatable bonds is 5. The van der Waals surface area contributed by atoms with E-state index in [0.29, 0.717) is 11.3 Å². The fraction of sp³-hybridized carbons (Fsp3) is 0.200. The monoisotopic (exact) mass is 305 g/mol. The van der Waals surface area contributed by atoms with Crippen molar-refractivity contribution in [2.45, 2.75) is 13.8 Å². The predicted molar refractivity (Wildman–Crippen MR) is 82.0 cm³/mol. The van der Waals surface area contributed by atoms with Crippen LogP contribution in [0.2, 0.25) is 0 Å². The third kappa shape index (κ3) is 3.22. The molecule has 2 aromatic rings. The van der Waals surface area contributed by atoms with E-state index in [1.165, 1.54) is 6.92 Å². The molecule has 0 radical (unpaired) electrons. The molecule has 0 spiro atoms. The minimum Gasteiger partial charge on any atom is -0.484 e. The molecular formula is C15H15NO4S. The van der Waals surface area contributed by atoms with Gasteiger partial charge in [-0.05, 0) is 31.5 Å². The van der Waals surface area contributed by atoms with Crippen LogP contribution in [-0.4, -0.2) is 23.5 Å². The fourth-order valence-electron chi connectivity index (χ4n) is 1.94. The minimum atomic E-state index is -1.07. The van der Waals surface area contributed by atoms with Gasteiger partial charge in [-0.15, -0.1) is 11.3 Å². The van der Waals surface area contributed by atoms with Gasteiger partial charge in [0.25, 0.3) is 0 Å². The van der Waals surface area contributed by atoms with Crippen molar-refractivity contribution in [1.29, 1.82) is 0 Å². The first-order valence-corrected chi connectivity index (χ1v) is 7.06. The molecule has 1 aromatic carbocycles. The Morgan fingerprint density at radius 2 is 2.10 bits per heavy atom. The van der Waals surface area contributed by atoms with Crippen LogP contribution in [0, 0.1) is 6.92 Å². The molecule has 0 saturated carbocycles. The molecule has 3 N–H and O–H groups in total. The smallest absolute Gasteiger partial charge is 0.349 e. The molecule has 0 bridgehead atoms. The van der Waals surface area contributed by atoms with E-state index in [1.54, 1.807) is 25.1 Å². The zero-order valence-corrected chi connectivity index (χ0v) is 12.5. The summed E-state index contributed by atoms with van der Waals surface area (Å²) in [5, 5.41) is 9.29. The number of carboxylic acid groups (broad SMARTS) is 1. The van der Waals surface area contributed by atoms with Gasteiger partial charge in [0.1, 0.15) is 12.4 Å². The number of thiophene rings is 1. The van der Waals surface area contributed by atoms with E-state index < -0.39 is 5.97 Å². The third-order valence-corrected chi connectivity index (χ3v) is 4.16. The van der Waals surface area contributed by atoms with Crippen LogP contribution in [0.3, 0.4) is 0 Å². The summed E-state index contributed by atoms with van der Waals surface area (Å²) in [5.41, 5.74) is 7.89. The molecule has 0 aliphatic heterocycles. The van der Waals surface area contributed by atoms with E-state index in [1.807, 2.05) is 6.07 Å². The maximum atomic E-state index is 11.4. The number of hydrogen-bond donors (Lipinski definition) is 2. The number of carboxylic acids is 1. The van der Waals surface area contributed by atoms with Crippen LogP contribution in [0.4, 0.5) is 5.69 Å². The first-order chi connectivity index (χ1) is 9.90. The zero-order chi connectivity index (χ0) is 15.6. The Hall–Kier alpha value is -2.34. The van der Waals surface area contributed by atoms with Crippen molar-refractivity contribution in [2.75, 3.05) is 12.3 Å². The standard InChI is InChI=1S/C15H15NO4S/c1-8(17)7-20-12-9(2)13(21-14(12)15(18)19)10-4-3-5-11(16)6-10/h3-6H,7,16H2,1-2H3,(H,18,19). The van der Waals surface area contributed by atoms with Gasteiger partial charge >= 0.3 is 5.97 Å². The van der Waals surface area contributed by atoms with Crippen LogP contribution >= 0.6 is 11.3 Å². The highest BCUT2D eigenvalue weighted by Gasteiger charge is 2.22. The summed E-state index contributed by atoms with van der Waals surface area (Å²) in [7, 11) is 0. The number of nitrogens with two attached hydrogens (primary N) is 1. The van der Waals surface area contributed by atoms with E-state index in [2.05, 4.69) is 0 Å². The molecule has 21 heavy (non-hydrogen) atoms. The lowest BCUT2D eigenvalue weighted by Crippen LogP contribution is -2.09. The molecule has 5 nitrogen and oxygen atoms in total. The summed E-state index contributed by atoms with van der Waals surface area (Å²) >= 11 is 1.12. The summed E-state index contributed by atoms with van der Waals surface area (Å²) in [6.07, 6.45) is 0. The lowest BCUT2D eigenvalue weighted by atomic mass is 10.1. The Labute approximate surface area is 126 Å². The number of hydrogen-bond acceptors (Lipinski definition) is 5. The second-order valence-electron chi connectivity index (χ2n) is 4.64. The molecule has 2 rings (SSSR count). The summed E-state index contributed by atoms with van der Waals surface area (Å²) in [6, 6.07) is 7.20. The number of nitrogen functional groups attached to an aromatic ring is 1. The van der Waals surface area contributed by atoms with Crippen molar-refractivity contribution in [1.82, 2.24) is 0 Å². The van der Waals surface area contributed by atoms with Crippen LogP contribution in [-0.2, 0) is 4.79 Å². The number of aromatic carboxylic acids is 1. The molecule has 0 amide bonds. The van der Waals surface area contributed by atoms with Crippen molar-refractivity contribution in [2.24, 2.45) is 0 Å². The number of Topliss-reactive ketones (excluding diaryl/α,β-unsaturated/α-hetero) is 1. The average molecular weight is 305 g/mol. The Kier molecular flexibility index (Phi) is 4.28. The topological polar surface area (TPSA) is 89.6 Å². The van der Waals surface area contributed by atoms with Crippen LogP contribution in [0.1, 0.15) is 22.2 Å². The van der Waals surface area contributed by atoms with E-state index in [4.69, 9.17) is 10.5 Å². The normalized spacial score (nSPS) is 10.4. The zero-order valence-electron chi connectivity index (χ0n) is 11.7. The van der Waals surface area contributed by atoms with Gasteiger partial charge in [0.05, 0.1) is 0 Å². The summed E-state index contributed by atoms with van der Waals surface area (Å²) in [5.74, 6) is -0.987. The molecule has 0 aliphatic rings. The van der Waals surface area contributed by atoms with Crippen LogP contribution in [0.25, 0.3) is 10.4 Å². The van der Waals surface area contributed by atoms with Gasteiger partial charge in [0.15, 0.2) is 10.7 Å². The average Bonchev–Trinajstić information content (AvgIpc) is 2.73. The van der Waals surface area contributed by atoms with Crippen molar-refractivity contribution in [3.63, 3.8) is 0 Å². The number of benzene rings is 1. The van der Waals surface area contributed by atoms with Crippen molar-refractivity contribution in [3.8, 4) is 16.2 Å². The van der Waals surface area contributed by atoms with E-state index in [-0.39, 0.29) is 23.0 Å². The molecule has 0 atom stereocenters. The Bertz CT molecular complexity index is 706. The first-order valence-electron chi connectivity index (χ1n) is 6.25. The Balaban J connectivity index is 2.51. The SMILES string of the molecule is CC(=O)COc1c(C(=O)O)sc(-c2cccc(N)c2)c1C. The van der Waals surface area contributed by atoms with Crippen LogP contribution in [0.15, 0.2) is 24.3 Å². The number of carbonyl (C=O) groups is 2. The largest absolute Gasteiger partial charge is 0.484 e. The second kappa shape index (κ2) is 5.97. The van der Waals surface area contributed by atoms with Crippen molar-refractivity contribution >= 4 is 28.8 Å². The summed E-state index contributed by atoms with van der Waals surface area (Å²) < 4.78 is 5.37. The summed E-state index contributed by atoms with van der Waals surface area (Å²) in [6.45, 7) is 3.02. The number of ketones is 1. The molecule has 0 unspecified atom stereocenters. The maximum Gasteiger partial charge on any atom is 0.349 e. The minimum absolute atomic E-state index is 0.0891. The van der Waals surface area contributed by atoms with Gasteiger partial charge in [0, 0.05) is 16.1 Å².